The summed E-state index contributed by atoms with van der Waals surface area (Å²) in [5.41, 5.74) is 12.0. The average Bonchev–Trinajstić information content (AvgIpc) is 2.46. The van der Waals surface area contributed by atoms with Gasteiger partial charge < -0.3 is 21.1 Å². The predicted molar refractivity (Wildman–Crippen MR) is 75.2 cm³/mol. The van der Waals surface area contributed by atoms with Crippen LogP contribution in [-0.2, 0) is 4.79 Å². The number of rotatable bonds is 3. The van der Waals surface area contributed by atoms with Crippen LogP contribution in [0.1, 0.15) is 23.2 Å². The van der Waals surface area contributed by atoms with E-state index < -0.39 is 0 Å². The number of piperidine rings is 1. The maximum atomic E-state index is 12.3. The van der Waals surface area contributed by atoms with Gasteiger partial charge in [0.15, 0.2) is 0 Å². The van der Waals surface area contributed by atoms with Crippen molar-refractivity contribution in [2.75, 3.05) is 25.9 Å². The van der Waals surface area contributed by atoms with Crippen LogP contribution in [0, 0.1) is 5.92 Å². The first-order valence-electron chi connectivity index (χ1n) is 6.55. The number of carbonyl (C=O) groups excluding carboxylic acids is 2. The number of primary amides is 1. The second kappa shape index (κ2) is 5.81. The predicted octanol–water partition coefficient (Wildman–Crippen LogP) is 0.615. The fraction of sp³-hybridized carbons (Fsp3) is 0.429. The first-order chi connectivity index (χ1) is 9.52. The van der Waals surface area contributed by atoms with Gasteiger partial charge in [-0.3, -0.25) is 9.59 Å². The maximum Gasteiger partial charge on any atom is 0.253 e. The van der Waals surface area contributed by atoms with Gasteiger partial charge in [-0.05, 0) is 31.0 Å². The standard InChI is InChI=1S/C14H19N3O3/c1-20-12-3-2-10(8-11(12)15)14(19)17-6-4-9(5-7-17)13(16)18/h2-3,8-9H,4-7,15H2,1H3,(H2,16,18). The van der Waals surface area contributed by atoms with Crippen molar-refractivity contribution in [3.63, 3.8) is 0 Å². The Kier molecular flexibility index (Phi) is 4.12. The number of nitrogen functional groups attached to an aromatic ring is 1. The first kappa shape index (κ1) is 14.2. The molecule has 1 aliphatic heterocycles. The molecule has 0 saturated carbocycles. The quantitative estimate of drug-likeness (QED) is 0.791. The maximum absolute atomic E-state index is 12.3. The van der Waals surface area contributed by atoms with Crippen LogP contribution in [0.3, 0.4) is 0 Å². The number of likely N-dealkylation sites (tertiary alicyclic amines) is 1. The summed E-state index contributed by atoms with van der Waals surface area (Å²) in [6.07, 6.45) is 1.24. The zero-order valence-corrected chi connectivity index (χ0v) is 11.5. The normalized spacial score (nSPS) is 15.9. The summed E-state index contributed by atoms with van der Waals surface area (Å²) in [5.74, 6) is 0.0574. The summed E-state index contributed by atoms with van der Waals surface area (Å²) >= 11 is 0. The smallest absolute Gasteiger partial charge is 0.253 e. The van der Waals surface area contributed by atoms with E-state index in [9.17, 15) is 9.59 Å². The summed E-state index contributed by atoms with van der Waals surface area (Å²) in [7, 11) is 1.53. The number of carbonyl (C=O) groups is 2. The number of anilines is 1. The lowest BCUT2D eigenvalue weighted by molar-refractivity contribution is -0.123. The van der Waals surface area contributed by atoms with E-state index >= 15 is 0 Å². The van der Waals surface area contributed by atoms with E-state index in [4.69, 9.17) is 16.2 Å². The van der Waals surface area contributed by atoms with E-state index in [2.05, 4.69) is 0 Å². The van der Waals surface area contributed by atoms with Crippen LogP contribution in [0.25, 0.3) is 0 Å². The van der Waals surface area contributed by atoms with E-state index in [0.29, 0.717) is 42.9 Å². The minimum Gasteiger partial charge on any atom is -0.495 e. The molecule has 108 valence electrons. The third-order valence-electron chi connectivity index (χ3n) is 3.66. The molecule has 2 amide bonds. The molecule has 0 radical (unpaired) electrons. The second-order valence-corrected chi connectivity index (χ2v) is 4.93. The molecule has 1 aromatic rings. The van der Waals surface area contributed by atoms with Crippen molar-refractivity contribution < 1.29 is 14.3 Å². The van der Waals surface area contributed by atoms with E-state index in [0.717, 1.165) is 0 Å². The van der Waals surface area contributed by atoms with Crippen LogP contribution in [0.4, 0.5) is 5.69 Å². The fourth-order valence-electron chi connectivity index (χ4n) is 2.42. The highest BCUT2D eigenvalue weighted by atomic mass is 16.5. The van der Waals surface area contributed by atoms with Gasteiger partial charge in [-0.15, -0.1) is 0 Å². The van der Waals surface area contributed by atoms with Crippen molar-refractivity contribution in [1.82, 2.24) is 4.90 Å². The molecule has 2 rings (SSSR count). The van der Waals surface area contributed by atoms with Crippen molar-refractivity contribution >= 4 is 17.5 Å². The Hall–Kier alpha value is -2.24. The third-order valence-corrected chi connectivity index (χ3v) is 3.66. The van der Waals surface area contributed by atoms with E-state index in [1.807, 2.05) is 0 Å². The lowest BCUT2D eigenvalue weighted by Crippen LogP contribution is -2.41. The molecule has 6 nitrogen and oxygen atoms in total. The topological polar surface area (TPSA) is 98.6 Å². The zero-order chi connectivity index (χ0) is 14.7. The van der Waals surface area contributed by atoms with Gasteiger partial charge in [-0.2, -0.15) is 0 Å². The first-order valence-corrected chi connectivity index (χ1v) is 6.55. The number of hydrogen-bond donors (Lipinski definition) is 2. The molecular weight excluding hydrogens is 258 g/mol. The van der Waals surface area contributed by atoms with Crippen LogP contribution in [0.2, 0.25) is 0 Å². The van der Waals surface area contributed by atoms with Gasteiger partial charge in [0.2, 0.25) is 5.91 Å². The number of ether oxygens (including phenoxy) is 1. The summed E-state index contributed by atoms with van der Waals surface area (Å²) in [5, 5.41) is 0. The minimum absolute atomic E-state index is 0.0812. The monoisotopic (exact) mass is 277 g/mol. The molecule has 4 N–H and O–H groups in total. The number of hydrogen-bond acceptors (Lipinski definition) is 4. The van der Waals surface area contributed by atoms with Gasteiger partial charge in [0.1, 0.15) is 5.75 Å². The van der Waals surface area contributed by atoms with Crippen LogP contribution < -0.4 is 16.2 Å². The molecule has 0 bridgehead atoms. The summed E-state index contributed by atoms with van der Waals surface area (Å²) < 4.78 is 5.06. The fourth-order valence-corrected chi connectivity index (χ4v) is 2.42. The molecule has 1 heterocycles. The number of nitrogens with two attached hydrogens (primary N) is 2. The SMILES string of the molecule is COc1ccc(C(=O)N2CCC(C(N)=O)CC2)cc1N. The number of methoxy groups -OCH3 is 1. The van der Waals surface area contributed by atoms with E-state index in [1.54, 1.807) is 23.1 Å². The lowest BCUT2D eigenvalue weighted by Gasteiger charge is -2.30. The summed E-state index contributed by atoms with van der Waals surface area (Å²) in [6, 6.07) is 4.98. The summed E-state index contributed by atoms with van der Waals surface area (Å²) in [6.45, 7) is 1.08. The lowest BCUT2D eigenvalue weighted by atomic mass is 9.96. The molecule has 0 atom stereocenters. The number of benzene rings is 1. The van der Waals surface area contributed by atoms with Gasteiger partial charge in [-0.1, -0.05) is 0 Å². The Labute approximate surface area is 117 Å². The van der Waals surface area contributed by atoms with Crippen LogP contribution in [0.5, 0.6) is 5.75 Å². The van der Waals surface area contributed by atoms with E-state index in [-0.39, 0.29) is 17.7 Å². The molecule has 1 aliphatic rings. The summed E-state index contributed by atoms with van der Waals surface area (Å²) in [4.78, 5) is 25.2. The van der Waals surface area contributed by atoms with Crippen molar-refractivity contribution in [2.45, 2.75) is 12.8 Å². The molecular formula is C14H19N3O3. The number of nitrogens with zero attached hydrogens (tertiary/aromatic N) is 1. The molecule has 0 aromatic heterocycles. The Morgan fingerprint density at radius 2 is 1.95 bits per heavy atom. The zero-order valence-electron chi connectivity index (χ0n) is 11.5. The molecule has 20 heavy (non-hydrogen) atoms. The van der Waals surface area contributed by atoms with Crippen molar-refractivity contribution in [3.8, 4) is 5.75 Å². The molecule has 1 fully saturated rings. The van der Waals surface area contributed by atoms with Crippen molar-refractivity contribution in [2.24, 2.45) is 11.7 Å². The molecule has 1 saturated heterocycles. The molecule has 6 heteroatoms. The highest BCUT2D eigenvalue weighted by Crippen LogP contribution is 2.24. The Bertz CT molecular complexity index is 522. The molecule has 0 aliphatic carbocycles. The Morgan fingerprint density at radius 3 is 2.45 bits per heavy atom. The Morgan fingerprint density at radius 1 is 1.30 bits per heavy atom. The van der Waals surface area contributed by atoms with Crippen molar-refractivity contribution in [1.29, 1.82) is 0 Å². The average molecular weight is 277 g/mol. The molecule has 0 unspecified atom stereocenters. The minimum atomic E-state index is -0.286. The number of amides is 2. The highest BCUT2D eigenvalue weighted by molar-refractivity contribution is 5.95. The van der Waals surface area contributed by atoms with Crippen LogP contribution in [0.15, 0.2) is 18.2 Å². The highest BCUT2D eigenvalue weighted by Gasteiger charge is 2.26. The third kappa shape index (κ3) is 2.84. The van der Waals surface area contributed by atoms with E-state index in [1.165, 1.54) is 7.11 Å². The van der Waals surface area contributed by atoms with Gasteiger partial charge in [0.05, 0.1) is 12.8 Å². The van der Waals surface area contributed by atoms with Crippen molar-refractivity contribution in [3.05, 3.63) is 23.8 Å². The largest absolute Gasteiger partial charge is 0.495 e. The second-order valence-electron chi connectivity index (χ2n) is 4.93. The van der Waals surface area contributed by atoms with Gasteiger partial charge in [0, 0.05) is 24.6 Å². The van der Waals surface area contributed by atoms with Crippen LogP contribution >= 0.6 is 0 Å². The molecule has 1 aromatic carbocycles. The van der Waals surface area contributed by atoms with Crippen LogP contribution in [-0.4, -0.2) is 36.9 Å². The molecule has 0 spiro atoms. The van der Waals surface area contributed by atoms with Gasteiger partial charge >= 0.3 is 0 Å². The Balaban J connectivity index is 2.05. The van der Waals surface area contributed by atoms with Gasteiger partial charge in [0.25, 0.3) is 5.91 Å². The van der Waals surface area contributed by atoms with Gasteiger partial charge in [-0.25, -0.2) is 0 Å².